The summed E-state index contributed by atoms with van der Waals surface area (Å²) in [5, 5.41) is 10.9. The quantitative estimate of drug-likeness (QED) is 0.369. The van der Waals surface area contributed by atoms with E-state index in [1.165, 1.54) is 23.9 Å². The van der Waals surface area contributed by atoms with Gasteiger partial charge in [-0.05, 0) is 23.8 Å². The summed E-state index contributed by atoms with van der Waals surface area (Å²) in [4.78, 5) is 11.4. The molecule has 6 nitrogen and oxygen atoms in total. The number of methoxy groups -OCH3 is 1. The first-order chi connectivity index (χ1) is 10.2. The normalized spacial score (nSPS) is 10.2. The maximum absolute atomic E-state index is 10.9. The Morgan fingerprint density at radius 2 is 2.10 bits per heavy atom. The van der Waals surface area contributed by atoms with Crippen molar-refractivity contribution in [1.82, 2.24) is 0 Å². The number of para-hydroxylation sites is 1. The molecule has 0 radical (unpaired) electrons. The lowest BCUT2D eigenvalue weighted by molar-refractivity contribution is -0.384. The number of hydrazine groups is 1. The average Bonchev–Trinajstić information content (AvgIpc) is 2.52. The number of thioether (sulfide) groups is 1. The molecular formula is C14H15N3O3S. The Morgan fingerprint density at radius 3 is 2.76 bits per heavy atom. The molecule has 0 saturated carbocycles. The van der Waals surface area contributed by atoms with Crippen LogP contribution >= 0.6 is 11.8 Å². The van der Waals surface area contributed by atoms with E-state index in [0.717, 1.165) is 16.2 Å². The number of nitro benzene ring substituents is 1. The molecule has 0 aliphatic heterocycles. The zero-order valence-electron chi connectivity index (χ0n) is 11.4. The van der Waals surface area contributed by atoms with Crippen molar-refractivity contribution in [1.29, 1.82) is 0 Å². The minimum atomic E-state index is -0.419. The van der Waals surface area contributed by atoms with Crippen LogP contribution in [0.5, 0.6) is 5.75 Å². The molecule has 3 N–H and O–H groups in total. The lowest BCUT2D eigenvalue weighted by atomic mass is 10.2. The van der Waals surface area contributed by atoms with Crippen LogP contribution in [0.1, 0.15) is 5.56 Å². The van der Waals surface area contributed by atoms with Crippen LogP contribution in [0, 0.1) is 10.1 Å². The van der Waals surface area contributed by atoms with Gasteiger partial charge in [0.25, 0.3) is 5.69 Å². The number of benzene rings is 2. The second-order valence-electron chi connectivity index (χ2n) is 4.18. The summed E-state index contributed by atoms with van der Waals surface area (Å²) >= 11 is 1.53. The predicted molar refractivity (Wildman–Crippen MR) is 83.5 cm³/mol. The molecule has 0 saturated heterocycles. The van der Waals surface area contributed by atoms with Crippen LogP contribution in [0.4, 0.5) is 11.4 Å². The van der Waals surface area contributed by atoms with Crippen LogP contribution in [0.25, 0.3) is 0 Å². The van der Waals surface area contributed by atoms with Gasteiger partial charge in [-0.3, -0.25) is 16.0 Å². The number of rotatable bonds is 6. The fraction of sp³-hybridized carbons (Fsp3) is 0.143. The van der Waals surface area contributed by atoms with E-state index in [9.17, 15) is 10.1 Å². The molecule has 0 atom stereocenters. The minimum Gasteiger partial charge on any atom is -0.496 e. The van der Waals surface area contributed by atoms with E-state index >= 15 is 0 Å². The molecule has 0 amide bonds. The van der Waals surface area contributed by atoms with Gasteiger partial charge in [0, 0.05) is 22.8 Å². The Bertz CT molecular complexity index is 649. The largest absolute Gasteiger partial charge is 0.496 e. The van der Waals surface area contributed by atoms with Crippen molar-refractivity contribution in [3.05, 3.63) is 58.1 Å². The lowest BCUT2D eigenvalue weighted by Crippen LogP contribution is -2.09. The summed E-state index contributed by atoms with van der Waals surface area (Å²) in [6.45, 7) is 0. The number of ether oxygens (including phenoxy) is 1. The fourth-order valence-corrected chi connectivity index (χ4v) is 2.87. The van der Waals surface area contributed by atoms with Gasteiger partial charge in [-0.15, -0.1) is 11.8 Å². The van der Waals surface area contributed by atoms with E-state index in [0.29, 0.717) is 11.4 Å². The Kier molecular flexibility index (Phi) is 5.02. The first-order valence-electron chi connectivity index (χ1n) is 6.15. The predicted octanol–water partition coefficient (Wildman–Crippen LogP) is 3.18. The van der Waals surface area contributed by atoms with Crippen LogP contribution in [0.15, 0.2) is 47.4 Å². The SMILES string of the molecule is COc1ccccc1SCc1cc([N+](=O)[O-])ccc1NN. The highest BCUT2D eigenvalue weighted by atomic mass is 32.2. The topological polar surface area (TPSA) is 90.4 Å². The van der Waals surface area contributed by atoms with Gasteiger partial charge in [-0.1, -0.05) is 12.1 Å². The number of nitrogens with one attached hydrogen (secondary N) is 1. The molecule has 21 heavy (non-hydrogen) atoms. The molecule has 2 rings (SSSR count). The summed E-state index contributed by atoms with van der Waals surface area (Å²) in [6.07, 6.45) is 0. The van der Waals surface area contributed by atoms with Crippen molar-refractivity contribution in [3.8, 4) is 5.75 Å². The molecule has 0 spiro atoms. The number of anilines is 1. The van der Waals surface area contributed by atoms with E-state index in [1.54, 1.807) is 13.2 Å². The number of non-ortho nitro benzene ring substituents is 1. The number of nitrogens with two attached hydrogens (primary N) is 1. The molecule has 0 heterocycles. The van der Waals surface area contributed by atoms with Crippen molar-refractivity contribution in [2.24, 2.45) is 5.84 Å². The molecule has 7 heteroatoms. The molecule has 0 aliphatic carbocycles. The van der Waals surface area contributed by atoms with Crippen molar-refractivity contribution in [2.45, 2.75) is 10.6 Å². The molecule has 2 aromatic rings. The zero-order valence-corrected chi connectivity index (χ0v) is 12.2. The highest BCUT2D eigenvalue weighted by Gasteiger charge is 2.11. The van der Waals surface area contributed by atoms with Gasteiger partial charge in [0.1, 0.15) is 5.75 Å². The standard InChI is InChI=1S/C14H15N3O3S/c1-20-13-4-2-3-5-14(13)21-9-10-8-11(17(18)19)6-7-12(10)16-15/h2-8,16H,9,15H2,1H3. The lowest BCUT2D eigenvalue weighted by Gasteiger charge is -2.10. The number of nitrogen functional groups attached to an aromatic ring is 1. The van der Waals surface area contributed by atoms with Gasteiger partial charge < -0.3 is 10.2 Å². The number of nitro groups is 1. The number of hydrogen-bond donors (Lipinski definition) is 2. The monoisotopic (exact) mass is 305 g/mol. The van der Waals surface area contributed by atoms with Crippen LogP contribution < -0.4 is 16.0 Å². The summed E-state index contributed by atoms with van der Waals surface area (Å²) in [7, 11) is 1.61. The average molecular weight is 305 g/mol. The van der Waals surface area contributed by atoms with E-state index < -0.39 is 4.92 Å². The Balaban J connectivity index is 2.22. The van der Waals surface area contributed by atoms with Crippen LogP contribution in [-0.2, 0) is 5.75 Å². The summed E-state index contributed by atoms with van der Waals surface area (Å²) in [5.74, 6) is 6.76. The third-order valence-electron chi connectivity index (χ3n) is 2.91. The Hall–Kier alpha value is -2.25. The van der Waals surface area contributed by atoms with Crippen LogP contribution in [-0.4, -0.2) is 12.0 Å². The van der Waals surface area contributed by atoms with E-state index in [4.69, 9.17) is 10.6 Å². The third-order valence-corrected chi connectivity index (χ3v) is 4.01. The maximum Gasteiger partial charge on any atom is 0.269 e. The number of hydrogen-bond acceptors (Lipinski definition) is 6. The van der Waals surface area contributed by atoms with Gasteiger partial charge in [0.15, 0.2) is 0 Å². The molecule has 0 aromatic heterocycles. The van der Waals surface area contributed by atoms with E-state index in [-0.39, 0.29) is 5.69 Å². The summed E-state index contributed by atoms with van der Waals surface area (Å²) in [6, 6.07) is 12.2. The third kappa shape index (κ3) is 3.65. The van der Waals surface area contributed by atoms with Gasteiger partial charge in [0.05, 0.1) is 17.7 Å². The zero-order chi connectivity index (χ0) is 15.2. The Labute approximate surface area is 126 Å². The van der Waals surface area contributed by atoms with Gasteiger partial charge >= 0.3 is 0 Å². The maximum atomic E-state index is 10.9. The highest BCUT2D eigenvalue weighted by Crippen LogP contribution is 2.33. The molecule has 0 fully saturated rings. The van der Waals surface area contributed by atoms with E-state index in [1.807, 2.05) is 24.3 Å². The molecule has 110 valence electrons. The second kappa shape index (κ2) is 6.96. The first kappa shape index (κ1) is 15.1. The molecular weight excluding hydrogens is 290 g/mol. The van der Waals surface area contributed by atoms with Gasteiger partial charge in [0.2, 0.25) is 0 Å². The molecule has 2 aromatic carbocycles. The fourth-order valence-electron chi connectivity index (χ4n) is 1.85. The second-order valence-corrected chi connectivity index (χ2v) is 5.20. The minimum absolute atomic E-state index is 0.0460. The Morgan fingerprint density at radius 1 is 1.33 bits per heavy atom. The van der Waals surface area contributed by atoms with Crippen molar-refractivity contribution in [3.63, 3.8) is 0 Å². The first-order valence-corrected chi connectivity index (χ1v) is 7.14. The highest BCUT2D eigenvalue weighted by molar-refractivity contribution is 7.98. The van der Waals surface area contributed by atoms with Gasteiger partial charge in [-0.25, -0.2) is 0 Å². The number of nitrogens with zero attached hydrogens (tertiary/aromatic N) is 1. The van der Waals surface area contributed by atoms with Crippen LogP contribution in [0.3, 0.4) is 0 Å². The molecule has 0 aliphatic rings. The van der Waals surface area contributed by atoms with E-state index in [2.05, 4.69) is 5.43 Å². The smallest absolute Gasteiger partial charge is 0.269 e. The van der Waals surface area contributed by atoms with Crippen molar-refractivity contribution in [2.75, 3.05) is 12.5 Å². The van der Waals surface area contributed by atoms with Crippen molar-refractivity contribution >= 4 is 23.1 Å². The van der Waals surface area contributed by atoms with Gasteiger partial charge in [-0.2, -0.15) is 0 Å². The molecule has 0 unspecified atom stereocenters. The van der Waals surface area contributed by atoms with Crippen LogP contribution in [0.2, 0.25) is 0 Å². The van der Waals surface area contributed by atoms with Crippen molar-refractivity contribution < 1.29 is 9.66 Å². The summed E-state index contributed by atoms with van der Waals surface area (Å²) < 4.78 is 5.28. The summed E-state index contributed by atoms with van der Waals surface area (Å²) in [5.41, 5.74) is 4.04. The molecule has 0 bridgehead atoms.